The van der Waals surface area contributed by atoms with Gasteiger partial charge in [-0.2, -0.15) is 4.31 Å². The first-order valence-electron chi connectivity index (χ1n) is 6.43. The Labute approximate surface area is 118 Å². The van der Waals surface area contributed by atoms with E-state index in [-0.39, 0.29) is 5.91 Å². The van der Waals surface area contributed by atoms with Crippen LogP contribution in [0.15, 0.2) is 10.6 Å². The third kappa shape index (κ3) is 3.18. The van der Waals surface area contributed by atoms with Crippen molar-refractivity contribution < 1.29 is 17.7 Å². The lowest BCUT2D eigenvalue weighted by Gasteiger charge is -2.25. The van der Waals surface area contributed by atoms with Crippen molar-refractivity contribution in [2.24, 2.45) is 0 Å². The van der Waals surface area contributed by atoms with Crippen molar-refractivity contribution in [3.8, 4) is 0 Å². The van der Waals surface area contributed by atoms with E-state index < -0.39 is 16.1 Å². The number of nitrogens with zero attached hydrogens (tertiary/aromatic N) is 3. The van der Waals surface area contributed by atoms with Crippen molar-refractivity contribution in [1.82, 2.24) is 14.4 Å². The summed E-state index contributed by atoms with van der Waals surface area (Å²) in [7, 11) is -1.70. The number of aryl methyl sites for hydroxylation is 1. The van der Waals surface area contributed by atoms with Gasteiger partial charge in [0.25, 0.3) is 0 Å². The quantitative estimate of drug-likeness (QED) is 0.802. The van der Waals surface area contributed by atoms with Gasteiger partial charge in [-0.05, 0) is 19.8 Å². The first kappa shape index (κ1) is 15.0. The van der Waals surface area contributed by atoms with E-state index in [4.69, 9.17) is 4.52 Å². The average molecular weight is 301 g/mol. The van der Waals surface area contributed by atoms with E-state index in [1.165, 1.54) is 9.21 Å². The summed E-state index contributed by atoms with van der Waals surface area (Å²) in [5, 5.41) is 3.83. The average Bonchev–Trinajstić information content (AvgIpc) is 2.96. The van der Waals surface area contributed by atoms with Crippen LogP contribution in [0.4, 0.5) is 0 Å². The third-order valence-electron chi connectivity index (χ3n) is 3.37. The number of aromatic nitrogens is 1. The number of hydrogen-bond acceptors (Lipinski definition) is 5. The van der Waals surface area contributed by atoms with E-state index in [9.17, 15) is 13.2 Å². The number of amides is 1. The van der Waals surface area contributed by atoms with Gasteiger partial charge in [0.1, 0.15) is 17.5 Å². The van der Waals surface area contributed by atoms with E-state index >= 15 is 0 Å². The van der Waals surface area contributed by atoms with Gasteiger partial charge in [0.2, 0.25) is 15.9 Å². The molecule has 0 saturated carbocycles. The minimum atomic E-state index is -3.35. The second-order valence-corrected chi connectivity index (χ2v) is 7.09. The summed E-state index contributed by atoms with van der Waals surface area (Å²) in [5.74, 6) is 0.480. The Morgan fingerprint density at radius 3 is 2.85 bits per heavy atom. The Balaban J connectivity index is 2.06. The summed E-state index contributed by atoms with van der Waals surface area (Å²) in [5.41, 5.74) is 0.655. The van der Waals surface area contributed by atoms with E-state index in [0.29, 0.717) is 37.4 Å². The minimum absolute atomic E-state index is 0.200. The molecule has 2 rings (SSSR count). The molecular formula is C12H19N3O4S. The van der Waals surface area contributed by atoms with Crippen LogP contribution in [0.5, 0.6) is 0 Å². The lowest BCUT2D eigenvalue weighted by Crippen LogP contribution is -2.45. The predicted octanol–water partition coefficient (Wildman–Crippen LogP) is 0.365. The van der Waals surface area contributed by atoms with E-state index in [2.05, 4.69) is 5.16 Å². The summed E-state index contributed by atoms with van der Waals surface area (Å²) in [6, 6.07) is 1.16. The zero-order valence-electron chi connectivity index (χ0n) is 11.9. The van der Waals surface area contributed by atoms with Crippen molar-refractivity contribution >= 4 is 15.9 Å². The van der Waals surface area contributed by atoms with Gasteiger partial charge < -0.3 is 9.42 Å². The molecule has 1 aromatic rings. The molecule has 1 saturated heterocycles. The fraction of sp³-hybridized carbons (Fsp3) is 0.667. The molecule has 1 aromatic heterocycles. The van der Waals surface area contributed by atoms with Crippen LogP contribution in [0.2, 0.25) is 0 Å². The Morgan fingerprint density at radius 2 is 2.30 bits per heavy atom. The summed E-state index contributed by atoms with van der Waals surface area (Å²) in [6.45, 7) is 2.50. The van der Waals surface area contributed by atoms with Gasteiger partial charge in [-0.25, -0.2) is 8.42 Å². The highest BCUT2D eigenvalue weighted by Gasteiger charge is 2.37. The highest BCUT2D eigenvalue weighted by atomic mass is 32.2. The second kappa shape index (κ2) is 5.53. The number of sulfonamides is 1. The van der Waals surface area contributed by atoms with Crippen molar-refractivity contribution in [2.45, 2.75) is 32.4 Å². The SMILES string of the molecule is Cc1cc(CN(C)C(=O)[C@@H]2CCCN2S(C)(=O)=O)no1. The molecule has 0 radical (unpaired) electrons. The Morgan fingerprint density at radius 1 is 1.60 bits per heavy atom. The standard InChI is InChI=1S/C12H19N3O4S/c1-9-7-10(13-19-9)8-14(2)12(16)11-5-4-6-15(11)20(3,17)18/h7,11H,4-6,8H2,1-3H3/t11-/m0/s1. The van der Waals surface area contributed by atoms with Gasteiger partial charge in [-0.1, -0.05) is 5.16 Å². The summed E-state index contributed by atoms with van der Waals surface area (Å²) >= 11 is 0. The first-order valence-corrected chi connectivity index (χ1v) is 8.28. The van der Waals surface area contributed by atoms with Gasteiger partial charge in [-0.15, -0.1) is 0 Å². The molecular weight excluding hydrogens is 282 g/mol. The Hall–Kier alpha value is -1.41. The van der Waals surface area contributed by atoms with Crippen LogP contribution in [0.25, 0.3) is 0 Å². The topological polar surface area (TPSA) is 83.7 Å². The van der Waals surface area contributed by atoms with Gasteiger partial charge in [-0.3, -0.25) is 4.79 Å². The van der Waals surface area contributed by atoms with E-state index in [1.807, 2.05) is 0 Å². The van der Waals surface area contributed by atoms with Crippen LogP contribution >= 0.6 is 0 Å². The van der Waals surface area contributed by atoms with Crippen LogP contribution in [0.1, 0.15) is 24.3 Å². The number of carbonyl (C=O) groups excluding carboxylic acids is 1. The number of carbonyl (C=O) groups is 1. The molecule has 20 heavy (non-hydrogen) atoms. The van der Waals surface area contributed by atoms with Gasteiger partial charge >= 0.3 is 0 Å². The van der Waals surface area contributed by atoms with Crippen LogP contribution in [-0.2, 0) is 21.4 Å². The Kier molecular flexibility index (Phi) is 4.14. The molecule has 0 N–H and O–H groups in total. The molecule has 0 aromatic carbocycles. The smallest absolute Gasteiger partial charge is 0.241 e. The maximum Gasteiger partial charge on any atom is 0.241 e. The summed E-state index contributed by atoms with van der Waals surface area (Å²) in [4.78, 5) is 13.9. The maximum absolute atomic E-state index is 12.4. The van der Waals surface area contributed by atoms with Crippen LogP contribution in [0, 0.1) is 6.92 Å². The molecule has 112 valence electrons. The van der Waals surface area contributed by atoms with Crippen LogP contribution in [-0.4, -0.2) is 54.6 Å². The summed E-state index contributed by atoms with van der Waals surface area (Å²) in [6.07, 6.45) is 2.41. The van der Waals surface area contributed by atoms with E-state index in [1.54, 1.807) is 20.0 Å². The fourth-order valence-corrected chi connectivity index (χ4v) is 3.57. The van der Waals surface area contributed by atoms with Gasteiger partial charge in [0.15, 0.2) is 0 Å². The maximum atomic E-state index is 12.4. The number of rotatable bonds is 4. The molecule has 1 amide bonds. The van der Waals surface area contributed by atoms with Crippen LogP contribution in [0.3, 0.4) is 0 Å². The minimum Gasteiger partial charge on any atom is -0.361 e. The molecule has 1 atom stereocenters. The normalized spacial score (nSPS) is 20.2. The second-order valence-electron chi connectivity index (χ2n) is 5.15. The lowest BCUT2D eigenvalue weighted by molar-refractivity contribution is -0.133. The van der Waals surface area contributed by atoms with Crippen molar-refractivity contribution in [2.75, 3.05) is 19.8 Å². The molecule has 0 bridgehead atoms. The number of hydrogen-bond donors (Lipinski definition) is 0. The molecule has 0 aliphatic carbocycles. The zero-order chi connectivity index (χ0) is 14.9. The van der Waals surface area contributed by atoms with Crippen LogP contribution < -0.4 is 0 Å². The largest absolute Gasteiger partial charge is 0.361 e. The molecule has 0 unspecified atom stereocenters. The van der Waals surface area contributed by atoms with Gasteiger partial charge in [0, 0.05) is 19.7 Å². The molecule has 1 aliphatic heterocycles. The molecule has 1 fully saturated rings. The highest BCUT2D eigenvalue weighted by molar-refractivity contribution is 7.88. The number of likely N-dealkylation sites (N-methyl/N-ethyl adjacent to an activating group) is 1. The van der Waals surface area contributed by atoms with E-state index in [0.717, 1.165) is 6.26 Å². The predicted molar refractivity (Wildman–Crippen MR) is 72.3 cm³/mol. The summed E-state index contributed by atoms with van der Waals surface area (Å²) < 4.78 is 29.6. The van der Waals surface area contributed by atoms with Crippen molar-refractivity contribution in [1.29, 1.82) is 0 Å². The molecule has 8 heteroatoms. The molecule has 1 aliphatic rings. The lowest BCUT2D eigenvalue weighted by atomic mass is 10.2. The molecule has 0 spiro atoms. The van der Waals surface area contributed by atoms with Gasteiger partial charge in [0.05, 0.1) is 12.8 Å². The monoisotopic (exact) mass is 301 g/mol. The molecule has 7 nitrogen and oxygen atoms in total. The van der Waals surface area contributed by atoms with Crippen molar-refractivity contribution in [3.63, 3.8) is 0 Å². The third-order valence-corrected chi connectivity index (χ3v) is 4.66. The zero-order valence-corrected chi connectivity index (χ0v) is 12.7. The first-order chi connectivity index (χ1) is 9.29. The Bertz CT molecular complexity index is 596. The fourth-order valence-electron chi connectivity index (χ4n) is 2.45. The highest BCUT2D eigenvalue weighted by Crippen LogP contribution is 2.22. The van der Waals surface area contributed by atoms with Crippen molar-refractivity contribution in [3.05, 3.63) is 17.5 Å². The molecule has 2 heterocycles.